The minimum Gasteiger partial charge on any atom is -0.337 e. The smallest absolute Gasteiger partial charge is 0.257 e. The number of pyridine rings is 1. The zero-order chi connectivity index (χ0) is 20.5. The Bertz CT molecular complexity index is 1190. The number of hydrogen-bond acceptors (Lipinski definition) is 3. The largest absolute Gasteiger partial charge is 0.337 e. The predicted molar refractivity (Wildman–Crippen MR) is 111 cm³/mol. The van der Waals surface area contributed by atoms with Crippen molar-refractivity contribution in [1.29, 1.82) is 0 Å². The molecule has 0 aliphatic carbocycles. The molecule has 29 heavy (non-hydrogen) atoms. The first-order valence-corrected chi connectivity index (χ1v) is 9.42. The fraction of sp³-hybridized carbons (Fsp3) is 0.136. The van der Waals surface area contributed by atoms with Crippen LogP contribution in [0.5, 0.6) is 0 Å². The first-order valence-electron chi connectivity index (χ1n) is 9.05. The number of fused-ring (bicyclic) bond motifs is 1. The molecule has 0 aliphatic heterocycles. The fourth-order valence-corrected chi connectivity index (χ4v) is 3.61. The van der Waals surface area contributed by atoms with E-state index in [2.05, 4.69) is 10.1 Å². The Morgan fingerprint density at radius 1 is 1.14 bits per heavy atom. The van der Waals surface area contributed by atoms with E-state index in [1.807, 2.05) is 30.3 Å². The van der Waals surface area contributed by atoms with Crippen LogP contribution in [-0.4, -0.2) is 32.6 Å². The third-order valence-electron chi connectivity index (χ3n) is 4.72. The molecule has 0 bridgehead atoms. The summed E-state index contributed by atoms with van der Waals surface area (Å²) in [7, 11) is 1.73. The van der Waals surface area contributed by atoms with Crippen molar-refractivity contribution in [1.82, 2.24) is 19.7 Å². The van der Waals surface area contributed by atoms with Gasteiger partial charge in [-0.1, -0.05) is 41.9 Å². The SMILES string of the molecule is Cc1nn(-c2ccc(F)cc2)c2ncc(C(=O)N(C)Cc3ccccc3)c(Cl)c12. The summed E-state index contributed by atoms with van der Waals surface area (Å²) in [6.07, 6.45) is 1.47. The Kier molecular flexibility index (Phi) is 5.03. The van der Waals surface area contributed by atoms with Gasteiger partial charge in [-0.15, -0.1) is 0 Å². The predicted octanol–water partition coefficient (Wildman–Crippen LogP) is 4.79. The van der Waals surface area contributed by atoms with Gasteiger partial charge in [-0.3, -0.25) is 4.79 Å². The highest BCUT2D eigenvalue weighted by atomic mass is 35.5. The molecule has 1 amide bonds. The molecule has 5 nitrogen and oxygen atoms in total. The molecule has 0 unspecified atom stereocenters. The molecule has 0 saturated heterocycles. The maximum atomic E-state index is 13.3. The number of aromatic nitrogens is 3. The molecule has 2 aromatic carbocycles. The van der Waals surface area contributed by atoms with Crippen LogP contribution in [0.4, 0.5) is 4.39 Å². The molecule has 7 heteroatoms. The summed E-state index contributed by atoms with van der Waals surface area (Å²) in [6.45, 7) is 2.26. The molecule has 0 saturated carbocycles. The molecule has 0 aliphatic rings. The monoisotopic (exact) mass is 408 g/mol. The first-order chi connectivity index (χ1) is 14.0. The number of halogens is 2. The first kappa shape index (κ1) is 19.1. The average molecular weight is 409 g/mol. The second kappa shape index (κ2) is 7.64. The summed E-state index contributed by atoms with van der Waals surface area (Å²) >= 11 is 6.61. The number of carbonyl (C=O) groups is 1. The highest BCUT2D eigenvalue weighted by molar-refractivity contribution is 6.38. The lowest BCUT2D eigenvalue weighted by Crippen LogP contribution is -2.26. The Morgan fingerprint density at radius 2 is 1.83 bits per heavy atom. The van der Waals surface area contributed by atoms with Gasteiger partial charge in [0.05, 0.1) is 27.4 Å². The summed E-state index contributed by atoms with van der Waals surface area (Å²) in [5.74, 6) is -0.551. The number of aryl methyl sites for hydroxylation is 1. The maximum absolute atomic E-state index is 13.3. The lowest BCUT2D eigenvalue weighted by molar-refractivity contribution is 0.0785. The van der Waals surface area contributed by atoms with Gasteiger partial charge in [-0.2, -0.15) is 5.10 Å². The third kappa shape index (κ3) is 3.59. The summed E-state index contributed by atoms with van der Waals surface area (Å²) < 4.78 is 14.8. The normalized spacial score (nSPS) is 11.0. The molecule has 0 atom stereocenters. The van der Waals surface area contributed by atoms with Gasteiger partial charge in [0.15, 0.2) is 5.65 Å². The van der Waals surface area contributed by atoms with Crippen molar-refractivity contribution >= 4 is 28.5 Å². The van der Waals surface area contributed by atoms with Gasteiger partial charge in [-0.25, -0.2) is 14.1 Å². The Balaban J connectivity index is 1.72. The molecular formula is C22H18ClFN4O. The molecule has 0 fully saturated rings. The van der Waals surface area contributed by atoms with E-state index in [4.69, 9.17) is 11.6 Å². The van der Waals surface area contributed by atoms with Crippen LogP contribution in [0.1, 0.15) is 21.6 Å². The van der Waals surface area contributed by atoms with Crippen molar-refractivity contribution < 1.29 is 9.18 Å². The van der Waals surface area contributed by atoms with Crippen LogP contribution in [0.15, 0.2) is 60.8 Å². The molecule has 4 rings (SSSR count). The van der Waals surface area contributed by atoms with Gasteiger partial charge < -0.3 is 4.90 Å². The molecule has 0 radical (unpaired) electrons. The van der Waals surface area contributed by atoms with Crippen molar-refractivity contribution in [2.24, 2.45) is 0 Å². The van der Waals surface area contributed by atoms with Crippen molar-refractivity contribution in [2.75, 3.05) is 7.05 Å². The number of amides is 1. The van der Waals surface area contributed by atoms with Crippen LogP contribution < -0.4 is 0 Å². The lowest BCUT2D eigenvalue weighted by Gasteiger charge is -2.18. The van der Waals surface area contributed by atoms with Gasteiger partial charge >= 0.3 is 0 Å². The Hall–Kier alpha value is -3.25. The second-order valence-corrected chi connectivity index (χ2v) is 7.18. The minimum atomic E-state index is -0.331. The lowest BCUT2D eigenvalue weighted by atomic mass is 10.1. The number of nitrogens with zero attached hydrogens (tertiary/aromatic N) is 4. The minimum absolute atomic E-state index is 0.220. The van der Waals surface area contributed by atoms with Crippen LogP contribution in [0.2, 0.25) is 5.02 Å². The van der Waals surface area contributed by atoms with E-state index in [0.717, 1.165) is 5.56 Å². The van der Waals surface area contributed by atoms with Gasteiger partial charge in [0, 0.05) is 19.8 Å². The van der Waals surface area contributed by atoms with E-state index < -0.39 is 0 Å². The van der Waals surface area contributed by atoms with Crippen molar-refractivity contribution in [3.8, 4) is 5.69 Å². The standard InChI is InChI=1S/C22H18ClFN4O/c1-14-19-20(23)18(22(29)27(2)13-15-6-4-3-5-7-15)12-25-21(19)28(26-14)17-10-8-16(24)9-11-17/h3-12H,13H2,1-2H3. The van der Waals surface area contributed by atoms with E-state index in [1.54, 1.807) is 35.7 Å². The van der Waals surface area contributed by atoms with E-state index in [9.17, 15) is 9.18 Å². The number of rotatable bonds is 4. The Labute approximate surface area is 172 Å². The van der Waals surface area contributed by atoms with Gasteiger partial charge in [0.25, 0.3) is 5.91 Å². The van der Waals surface area contributed by atoms with Crippen molar-refractivity contribution in [3.63, 3.8) is 0 Å². The van der Waals surface area contributed by atoms with Crippen LogP contribution >= 0.6 is 11.6 Å². The summed E-state index contributed by atoms with van der Waals surface area (Å²) in [5.41, 5.74) is 3.16. The fourth-order valence-electron chi connectivity index (χ4n) is 3.25. The molecule has 0 N–H and O–H groups in total. The molecule has 146 valence electrons. The number of carbonyl (C=O) groups excluding carboxylic acids is 1. The quantitative estimate of drug-likeness (QED) is 0.487. The molecule has 4 aromatic rings. The van der Waals surface area contributed by atoms with E-state index in [1.165, 1.54) is 18.3 Å². The highest BCUT2D eigenvalue weighted by Crippen LogP contribution is 2.30. The number of benzene rings is 2. The average Bonchev–Trinajstić information content (AvgIpc) is 3.06. The van der Waals surface area contributed by atoms with Crippen molar-refractivity contribution in [2.45, 2.75) is 13.5 Å². The maximum Gasteiger partial charge on any atom is 0.257 e. The molecule has 2 aromatic heterocycles. The molecule has 2 heterocycles. The van der Waals surface area contributed by atoms with E-state index in [0.29, 0.717) is 39.5 Å². The summed E-state index contributed by atoms with van der Waals surface area (Å²) in [5, 5.41) is 5.40. The highest BCUT2D eigenvalue weighted by Gasteiger charge is 2.22. The van der Waals surface area contributed by atoms with Crippen LogP contribution in [0.25, 0.3) is 16.7 Å². The van der Waals surface area contributed by atoms with E-state index in [-0.39, 0.29) is 11.7 Å². The second-order valence-electron chi connectivity index (χ2n) is 6.80. The zero-order valence-electron chi connectivity index (χ0n) is 15.9. The van der Waals surface area contributed by atoms with Gasteiger partial charge in [0.2, 0.25) is 0 Å². The zero-order valence-corrected chi connectivity index (χ0v) is 16.7. The summed E-state index contributed by atoms with van der Waals surface area (Å²) in [6, 6.07) is 15.7. The third-order valence-corrected chi connectivity index (χ3v) is 5.11. The topological polar surface area (TPSA) is 51.0 Å². The number of hydrogen-bond donors (Lipinski definition) is 0. The van der Waals surface area contributed by atoms with Gasteiger partial charge in [-0.05, 0) is 36.8 Å². The van der Waals surface area contributed by atoms with E-state index >= 15 is 0 Å². The molecule has 0 spiro atoms. The summed E-state index contributed by atoms with van der Waals surface area (Å²) in [4.78, 5) is 19.0. The van der Waals surface area contributed by atoms with Crippen LogP contribution in [-0.2, 0) is 6.54 Å². The van der Waals surface area contributed by atoms with Gasteiger partial charge in [0.1, 0.15) is 5.82 Å². The Morgan fingerprint density at radius 3 is 2.52 bits per heavy atom. The van der Waals surface area contributed by atoms with Crippen molar-refractivity contribution in [3.05, 3.63) is 88.5 Å². The van der Waals surface area contributed by atoms with Crippen LogP contribution in [0, 0.1) is 12.7 Å². The van der Waals surface area contributed by atoms with Crippen LogP contribution in [0.3, 0.4) is 0 Å². The molecular weight excluding hydrogens is 391 g/mol.